The summed E-state index contributed by atoms with van der Waals surface area (Å²) in [6.45, 7) is 6.22. The normalized spacial score (nSPS) is 16.4. The molecular weight excluding hydrogens is 280 g/mol. The van der Waals surface area contributed by atoms with E-state index >= 15 is 0 Å². The van der Waals surface area contributed by atoms with Gasteiger partial charge in [-0.25, -0.2) is 5.01 Å². The fraction of sp³-hybridized carbons (Fsp3) is 0.385. The third kappa shape index (κ3) is 2.57. The van der Waals surface area contributed by atoms with E-state index in [9.17, 15) is 4.79 Å². The lowest BCUT2D eigenvalue weighted by molar-refractivity contribution is -0.116. The fourth-order valence-corrected chi connectivity index (χ4v) is 1.89. The van der Waals surface area contributed by atoms with Crippen molar-refractivity contribution in [3.05, 3.63) is 28.7 Å². The Hall–Kier alpha value is -1.16. The molecule has 17 heavy (non-hydrogen) atoms. The summed E-state index contributed by atoms with van der Waals surface area (Å²) in [6, 6.07) is 7.59. The second-order valence-corrected chi connectivity index (χ2v) is 6.07. The van der Waals surface area contributed by atoms with Crippen molar-refractivity contribution in [2.24, 2.45) is 10.5 Å². The van der Waals surface area contributed by atoms with Crippen LogP contribution in [0, 0.1) is 5.41 Å². The largest absolute Gasteiger partial charge is 0.272 e. The highest BCUT2D eigenvalue weighted by Crippen LogP contribution is 2.28. The summed E-state index contributed by atoms with van der Waals surface area (Å²) in [5, 5.41) is 5.92. The number of nitrogens with zero attached hydrogens (tertiary/aromatic N) is 2. The SMILES string of the molecule is CC(C)(C)C1=NN(c2ccc(Br)cc2)C(=O)C1. The first kappa shape index (κ1) is 12.3. The van der Waals surface area contributed by atoms with Crippen LogP contribution in [0.4, 0.5) is 5.69 Å². The molecule has 0 atom stereocenters. The summed E-state index contributed by atoms with van der Waals surface area (Å²) >= 11 is 3.37. The monoisotopic (exact) mass is 294 g/mol. The number of carbonyl (C=O) groups is 1. The first-order valence-electron chi connectivity index (χ1n) is 5.54. The Labute approximate surface area is 110 Å². The summed E-state index contributed by atoms with van der Waals surface area (Å²) in [7, 11) is 0. The Morgan fingerprint density at radius 2 is 1.82 bits per heavy atom. The quantitative estimate of drug-likeness (QED) is 0.779. The molecule has 0 N–H and O–H groups in total. The molecule has 1 aliphatic heterocycles. The lowest BCUT2D eigenvalue weighted by atomic mass is 9.88. The molecule has 3 nitrogen and oxygen atoms in total. The maximum absolute atomic E-state index is 11.9. The Kier molecular flexibility index (Phi) is 3.08. The van der Waals surface area contributed by atoms with Gasteiger partial charge in [0, 0.05) is 9.89 Å². The summed E-state index contributed by atoms with van der Waals surface area (Å²) in [5.74, 6) is 0.0391. The predicted molar refractivity (Wildman–Crippen MR) is 73.1 cm³/mol. The molecular formula is C13H15BrN2O. The second-order valence-electron chi connectivity index (χ2n) is 5.16. The Morgan fingerprint density at radius 1 is 1.24 bits per heavy atom. The molecule has 90 valence electrons. The maximum atomic E-state index is 11.9. The number of hydrogen-bond acceptors (Lipinski definition) is 2. The number of carbonyl (C=O) groups excluding carboxylic acids is 1. The number of hydrogen-bond donors (Lipinski definition) is 0. The van der Waals surface area contributed by atoms with Crippen molar-refractivity contribution >= 4 is 33.2 Å². The molecule has 1 aliphatic rings. The fourth-order valence-electron chi connectivity index (χ4n) is 1.63. The van der Waals surface area contributed by atoms with Crippen LogP contribution in [0.5, 0.6) is 0 Å². The van der Waals surface area contributed by atoms with Gasteiger partial charge < -0.3 is 0 Å². The minimum absolute atomic E-state index is 0.0391. The average molecular weight is 295 g/mol. The van der Waals surface area contributed by atoms with Crippen molar-refractivity contribution in [1.82, 2.24) is 0 Å². The number of hydrazone groups is 1. The van der Waals surface area contributed by atoms with Gasteiger partial charge in [0.05, 0.1) is 17.8 Å². The minimum Gasteiger partial charge on any atom is -0.272 e. The van der Waals surface area contributed by atoms with Gasteiger partial charge in [-0.1, -0.05) is 36.7 Å². The van der Waals surface area contributed by atoms with Crippen molar-refractivity contribution in [3.63, 3.8) is 0 Å². The van der Waals surface area contributed by atoms with Crippen LogP contribution in [0.2, 0.25) is 0 Å². The van der Waals surface area contributed by atoms with Gasteiger partial charge in [-0.05, 0) is 24.3 Å². The molecule has 1 amide bonds. The van der Waals surface area contributed by atoms with Gasteiger partial charge in [0.25, 0.3) is 5.91 Å². The van der Waals surface area contributed by atoms with E-state index in [1.165, 1.54) is 5.01 Å². The Morgan fingerprint density at radius 3 is 2.29 bits per heavy atom. The van der Waals surface area contributed by atoms with E-state index < -0.39 is 0 Å². The summed E-state index contributed by atoms with van der Waals surface area (Å²) in [4.78, 5) is 11.9. The first-order valence-corrected chi connectivity index (χ1v) is 6.34. The zero-order valence-corrected chi connectivity index (χ0v) is 11.8. The average Bonchev–Trinajstić information content (AvgIpc) is 2.61. The zero-order chi connectivity index (χ0) is 12.6. The van der Waals surface area contributed by atoms with Crippen molar-refractivity contribution in [3.8, 4) is 0 Å². The highest BCUT2D eigenvalue weighted by Gasteiger charge is 2.31. The van der Waals surface area contributed by atoms with E-state index in [1.807, 2.05) is 24.3 Å². The molecule has 1 heterocycles. The molecule has 0 aromatic heterocycles. The molecule has 0 fully saturated rings. The van der Waals surface area contributed by atoms with Crippen LogP contribution in [0.1, 0.15) is 27.2 Å². The van der Waals surface area contributed by atoms with Gasteiger partial charge in [0.1, 0.15) is 0 Å². The second kappa shape index (κ2) is 4.26. The zero-order valence-electron chi connectivity index (χ0n) is 10.2. The molecule has 0 spiro atoms. The van der Waals surface area contributed by atoms with Gasteiger partial charge in [0.2, 0.25) is 0 Å². The van der Waals surface area contributed by atoms with Gasteiger partial charge in [-0.2, -0.15) is 5.10 Å². The molecule has 2 rings (SSSR count). The van der Waals surface area contributed by atoms with E-state index in [4.69, 9.17) is 0 Å². The van der Waals surface area contributed by atoms with Crippen molar-refractivity contribution in [2.45, 2.75) is 27.2 Å². The molecule has 0 unspecified atom stereocenters. The molecule has 0 bridgehead atoms. The van der Waals surface area contributed by atoms with E-state index in [2.05, 4.69) is 41.8 Å². The molecule has 0 saturated heterocycles. The first-order chi connectivity index (χ1) is 7.88. The molecule has 4 heteroatoms. The number of rotatable bonds is 1. The van der Waals surface area contributed by atoms with Crippen LogP contribution in [0.15, 0.2) is 33.8 Å². The van der Waals surface area contributed by atoms with Gasteiger partial charge >= 0.3 is 0 Å². The van der Waals surface area contributed by atoms with Gasteiger partial charge in [-0.3, -0.25) is 4.79 Å². The third-order valence-corrected chi connectivity index (χ3v) is 3.24. The van der Waals surface area contributed by atoms with E-state index in [0.29, 0.717) is 6.42 Å². The van der Waals surface area contributed by atoms with Crippen LogP contribution >= 0.6 is 15.9 Å². The van der Waals surface area contributed by atoms with Crippen molar-refractivity contribution in [1.29, 1.82) is 0 Å². The standard InChI is InChI=1S/C13H15BrN2O/c1-13(2,3)11-8-12(17)16(15-11)10-6-4-9(14)5-7-10/h4-7H,8H2,1-3H3. The number of anilines is 1. The smallest absolute Gasteiger partial charge is 0.253 e. The van der Waals surface area contributed by atoms with Crippen LogP contribution < -0.4 is 5.01 Å². The van der Waals surface area contributed by atoms with E-state index in [-0.39, 0.29) is 11.3 Å². The summed E-state index contributed by atoms with van der Waals surface area (Å²) < 4.78 is 0.993. The van der Waals surface area contributed by atoms with Gasteiger partial charge in [0.15, 0.2) is 0 Å². The van der Waals surface area contributed by atoms with Gasteiger partial charge in [-0.15, -0.1) is 0 Å². The molecule has 1 aromatic rings. The van der Waals surface area contributed by atoms with Crippen LogP contribution in [0.3, 0.4) is 0 Å². The van der Waals surface area contributed by atoms with Crippen molar-refractivity contribution < 1.29 is 4.79 Å². The molecule has 1 aromatic carbocycles. The summed E-state index contributed by atoms with van der Waals surface area (Å²) in [6.07, 6.45) is 0.416. The number of halogens is 1. The Balaban J connectivity index is 2.31. The number of benzene rings is 1. The predicted octanol–water partition coefficient (Wildman–Crippen LogP) is 3.59. The lowest BCUT2D eigenvalue weighted by Crippen LogP contribution is -2.20. The highest BCUT2D eigenvalue weighted by molar-refractivity contribution is 9.10. The lowest BCUT2D eigenvalue weighted by Gasteiger charge is -2.16. The molecule has 0 saturated carbocycles. The summed E-state index contributed by atoms with van der Waals surface area (Å²) in [5.41, 5.74) is 1.70. The Bertz CT molecular complexity index is 471. The third-order valence-electron chi connectivity index (χ3n) is 2.71. The number of amides is 1. The highest BCUT2D eigenvalue weighted by atomic mass is 79.9. The minimum atomic E-state index is -0.0558. The molecule has 0 aliphatic carbocycles. The van der Waals surface area contributed by atoms with Crippen LogP contribution in [-0.4, -0.2) is 11.6 Å². The maximum Gasteiger partial charge on any atom is 0.253 e. The topological polar surface area (TPSA) is 32.7 Å². The van der Waals surface area contributed by atoms with Crippen LogP contribution in [-0.2, 0) is 4.79 Å². The van der Waals surface area contributed by atoms with Crippen LogP contribution in [0.25, 0.3) is 0 Å². The molecule has 0 radical (unpaired) electrons. The van der Waals surface area contributed by atoms with E-state index in [0.717, 1.165) is 15.9 Å². The van der Waals surface area contributed by atoms with E-state index in [1.54, 1.807) is 0 Å². The van der Waals surface area contributed by atoms with Crippen molar-refractivity contribution in [2.75, 3.05) is 5.01 Å².